The molecule has 0 aliphatic carbocycles. The molecule has 1 fully saturated rings. The SMILES string of the molecule is O=C1C(Cl)C(c2ccccc2)N1c1ccc2nnc3cccc([N+](=O)[O-])c3c2c1. The molecule has 1 saturated heterocycles. The normalized spacial score (nSPS) is 18.8. The number of halogens is 1. The first-order valence-electron chi connectivity index (χ1n) is 8.92. The molecule has 0 spiro atoms. The second-order valence-corrected chi connectivity index (χ2v) is 7.27. The number of carbonyl (C=O) groups excluding carboxylic acids is 1. The number of nitro groups is 1. The lowest BCUT2D eigenvalue weighted by molar-refractivity contribution is -0.383. The quantitative estimate of drug-likeness (QED) is 0.166. The van der Waals surface area contributed by atoms with Crippen LogP contribution in [0.2, 0.25) is 0 Å². The Kier molecular flexibility index (Phi) is 3.92. The molecule has 1 aliphatic heterocycles. The molecule has 2 unspecified atom stereocenters. The lowest BCUT2D eigenvalue weighted by Gasteiger charge is -2.44. The van der Waals surface area contributed by atoms with Gasteiger partial charge in [-0.1, -0.05) is 36.4 Å². The number of aromatic nitrogens is 2. The number of carbonyl (C=O) groups is 1. The van der Waals surface area contributed by atoms with Crippen LogP contribution in [0.25, 0.3) is 21.8 Å². The summed E-state index contributed by atoms with van der Waals surface area (Å²) in [7, 11) is 0. The third-order valence-electron chi connectivity index (χ3n) is 5.18. The summed E-state index contributed by atoms with van der Waals surface area (Å²) in [6.45, 7) is 0. The second kappa shape index (κ2) is 6.49. The van der Waals surface area contributed by atoms with E-state index < -0.39 is 10.3 Å². The van der Waals surface area contributed by atoms with Crippen molar-refractivity contribution in [3.63, 3.8) is 0 Å². The standard InChI is InChI=1S/C21H13ClN4O3/c22-19-20(12-5-2-1-3-6-12)25(21(19)27)13-9-10-15-14(11-13)18-16(24-23-15)7-4-8-17(18)26(28)29/h1-11,19-20H. The highest BCUT2D eigenvalue weighted by Gasteiger charge is 2.47. The third kappa shape index (κ3) is 2.62. The first kappa shape index (κ1) is 17.5. The Bertz CT molecular complexity index is 1300. The molecular weight excluding hydrogens is 392 g/mol. The van der Waals surface area contributed by atoms with E-state index in [1.807, 2.05) is 30.3 Å². The number of nitro benzene ring substituents is 1. The Morgan fingerprint density at radius 2 is 1.72 bits per heavy atom. The fraction of sp³-hybridized carbons (Fsp3) is 0.0952. The summed E-state index contributed by atoms with van der Waals surface area (Å²) in [5.41, 5.74) is 2.43. The summed E-state index contributed by atoms with van der Waals surface area (Å²) in [5.74, 6) is -0.208. The molecule has 5 rings (SSSR count). The number of β-lactam (4-membered cyclic amide) rings is 1. The van der Waals surface area contributed by atoms with Crippen molar-refractivity contribution < 1.29 is 9.72 Å². The van der Waals surface area contributed by atoms with E-state index in [9.17, 15) is 14.9 Å². The number of alkyl halides is 1. The Labute approximate surface area is 169 Å². The van der Waals surface area contributed by atoms with Gasteiger partial charge in [-0.05, 0) is 29.8 Å². The van der Waals surface area contributed by atoms with Crippen molar-refractivity contribution in [2.45, 2.75) is 11.4 Å². The van der Waals surface area contributed by atoms with Gasteiger partial charge in [0, 0.05) is 17.1 Å². The number of anilines is 1. The molecule has 2 heterocycles. The molecule has 8 heteroatoms. The highest BCUT2D eigenvalue weighted by molar-refractivity contribution is 6.37. The summed E-state index contributed by atoms with van der Waals surface area (Å²) >= 11 is 6.32. The Morgan fingerprint density at radius 1 is 0.966 bits per heavy atom. The summed E-state index contributed by atoms with van der Waals surface area (Å²) in [6, 6.07) is 19.1. The number of non-ortho nitro benzene ring substituents is 1. The molecule has 0 saturated carbocycles. The topological polar surface area (TPSA) is 89.2 Å². The molecule has 0 bridgehead atoms. The molecule has 4 aromatic rings. The number of nitrogens with zero attached hydrogens (tertiary/aromatic N) is 4. The summed E-state index contributed by atoms with van der Waals surface area (Å²) in [4.78, 5) is 25.3. The van der Waals surface area contributed by atoms with E-state index in [1.54, 1.807) is 35.2 Å². The minimum Gasteiger partial charge on any atom is -0.301 e. The zero-order valence-corrected chi connectivity index (χ0v) is 15.7. The van der Waals surface area contributed by atoms with E-state index >= 15 is 0 Å². The number of benzene rings is 3. The van der Waals surface area contributed by atoms with Crippen LogP contribution in [0.4, 0.5) is 11.4 Å². The smallest absolute Gasteiger partial charge is 0.279 e. The van der Waals surface area contributed by atoms with Crippen LogP contribution in [0, 0.1) is 10.1 Å². The van der Waals surface area contributed by atoms with Gasteiger partial charge in [0.15, 0.2) is 0 Å². The number of rotatable bonds is 3. The van der Waals surface area contributed by atoms with Crippen molar-refractivity contribution in [1.82, 2.24) is 10.2 Å². The van der Waals surface area contributed by atoms with E-state index in [1.165, 1.54) is 6.07 Å². The Hall–Kier alpha value is -3.58. The van der Waals surface area contributed by atoms with Gasteiger partial charge in [-0.25, -0.2) is 0 Å². The van der Waals surface area contributed by atoms with E-state index in [0.29, 0.717) is 27.5 Å². The van der Waals surface area contributed by atoms with Crippen LogP contribution in [0.1, 0.15) is 11.6 Å². The number of hydrogen-bond acceptors (Lipinski definition) is 5. The summed E-state index contributed by atoms with van der Waals surface area (Å²) < 4.78 is 0. The molecule has 3 aromatic carbocycles. The number of fused-ring (bicyclic) bond motifs is 3. The lowest BCUT2D eigenvalue weighted by Crippen LogP contribution is -2.56. The van der Waals surface area contributed by atoms with Gasteiger partial charge >= 0.3 is 0 Å². The predicted molar refractivity (Wildman–Crippen MR) is 110 cm³/mol. The largest absolute Gasteiger partial charge is 0.301 e. The van der Waals surface area contributed by atoms with Crippen molar-refractivity contribution in [3.8, 4) is 0 Å². The molecule has 1 aromatic heterocycles. The van der Waals surface area contributed by atoms with Crippen molar-refractivity contribution in [3.05, 3.63) is 82.4 Å². The molecule has 0 N–H and O–H groups in total. The van der Waals surface area contributed by atoms with E-state index in [-0.39, 0.29) is 17.6 Å². The van der Waals surface area contributed by atoms with Gasteiger partial charge in [0.25, 0.3) is 5.69 Å². The average molecular weight is 405 g/mol. The fourth-order valence-electron chi connectivity index (χ4n) is 3.82. The number of amides is 1. The van der Waals surface area contributed by atoms with Crippen molar-refractivity contribution in [2.75, 3.05) is 4.90 Å². The van der Waals surface area contributed by atoms with Gasteiger partial charge in [0.1, 0.15) is 10.9 Å². The van der Waals surface area contributed by atoms with Crippen LogP contribution in [0.5, 0.6) is 0 Å². The maximum Gasteiger partial charge on any atom is 0.279 e. The van der Waals surface area contributed by atoms with E-state index in [0.717, 1.165) is 5.56 Å². The minimum absolute atomic E-state index is 0.0516. The summed E-state index contributed by atoms with van der Waals surface area (Å²) in [6.07, 6.45) is 0. The third-order valence-corrected chi connectivity index (χ3v) is 5.61. The van der Waals surface area contributed by atoms with Gasteiger partial charge in [-0.2, -0.15) is 0 Å². The van der Waals surface area contributed by atoms with Crippen LogP contribution >= 0.6 is 11.6 Å². The van der Waals surface area contributed by atoms with Crippen molar-refractivity contribution in [2.24, 2.45) is 0 Å². The first-order valence-corrected chi connectivity index (χ1v) is 9.35. The Balaban J connectivity index is 1.71. The molecule has 7 nitrogen and oxygen atoms in total. The molecule has 29 heavy (non-hydrogen) atoms. The van der Waals surface area contributed by atoms with Gasteiger partial charge in [0.2, 0.25) is 5.91 Å². The highest BCUT2D eigenvalue weighted by atomic mass is 35.5. The van der Waals surface area contributed by atoms with E-state index in [2.05, 4.69) is 10.2 Å². The summed E-state index contributed by atoms with van der Waals surface area (Å²) in [5, 5.41) is 20.1. The van der Waals surface area contributed by atoms with E-state index in [4.69, 9.17) is 11.6 Å². The predicted octanol–water partition coefficient (Wildman–Crippen LogP) is 4.39. The minimum atomic E-state index is -0.658. The zero-order chi connectivity index (χ0) is 20.1. The van der Waals surface area contributed by atoms with Crippen LogP contribution in [0.3, 0.4) is 0 Å². The van der Waals surface area contributed by atoms with Gasteiger partial charge in [0.05, 0.1) is 21.9 Å². The molecular formula is C21H13ClN4O3. The van der Waals surface area contributed by atoms with Crippen LogP contribution in [0.15, 0.2) is 66.7 Å². The molecule has 1 aliphatic rings. The van der Waals surface area contributed by atoms with Crippen molar-refractivity contribution >= 4 is 50.7 Å². The van der Waals surface area contributed by atoms with Gasteiger partial charge in [-0.3, -0.25) is 14.9 Å². The first-order chi connectivity index (χ1) is 14.1. The van der Waals surface area contributed by atoms with Crippen LogP contribution < -0.4 is 4.90 Å². The highest BCUT2D eigenvalue weighted by Crippen LogP contribution is 2.43. The molecule has 0 radical (unpaired) electrons. The van der Waals surface area contributed by atoms with Gasteiger partial charge in [-0.15, -0.1) is 21.8 Å². The monoisotopic (exact) mass is 404 g/mol. The second-order valence-electron chi connectivity index (χ2n) is 6.80. The maximum absolute atomic E-state index is 12.6. The maximum atomic E-state index is 12.6. The number of hydrogen-bond donors (Lipinski definition) is 0. The average Bonchev–Trinajstić information content (AvgIpc) is 2.76. The molecule has 142 valence electrons. The zero-order valence-electron chi connectivity index (χ0n) is 14.9. The Morgan fingerprint density at radius 3 is 2.48 bits per heavy atom. The van der Waals surface area contributed by atoms with Crippen LogP contribution in [-0.2, 0) is 4.79 Å². The molecule has 1 amide bonds. The van der Waals surface area contributed by atoms with Gasteiger partial charge < -0.3 is 4.90 Å². The lowest BCUT2D eigenvalue weighted by atomic mass is 9.92. The molecule has 2 atom stereocenters. The van der Waals surface area contributed by atoms with Crippen LogP contribution in [-0.4, -0.2) is 26.4 Å². The van der Waals surface area contributed by atoms with Crippen molar-refractivity contribution in [1.29, 1.82) is 0 Å². The fourth-order valence-corrected chi connectivity index (χ4v) is 4.18.